The third kappa shape index (κ3) is 4.15. The number of nitrogens with zero attached hydrogens (tertiary/aromatic N) is 1. The summed E-state index contributed by atoms with van der Waals surface area (Å²) in [7, 11) is 3.38. The first-order valence-corrected chi connectivity index (χ1v) is 7.28. The Balaban J connectivity index is 2.13. The highest BCUT2D eigenvalue weighted by atomic mass is 16.5. The first-order chi connectivity index (χ1) is 10.3. The van der Waals surface area contributed by atoms with E-state index in [0.717, 1.165) is 31.0 Å². The fourth-order valence-corrected chi connectivity index (χ4v) is 2.31. The normalized spacial score (nSPS) is 10.2. The third-order valence-corrected chi connectivity index (χ3v) is 3.46. The minimum Gasteiger partial charge on any atom is -0.497 e. The van der Waals surface area contributed by atoms with Crippen LogP contribution in [0.5, 0.6) is 11.5 Å². The lowest BCUT2D eigenvalue weighted by atomic mass is 10.1. The first-order valence-electron chi connectivity index (χ1n) is 7.28. The Morgan fingerprint density at radius 3 is 1.81 bits per heavy atom. The number of methoxy groups -OCH3 is 2. The second kappa shape index (κ2) is 7.58. The maximum absolute atomic E-state index is 5.22. The van der Waals surface area contributed by atoms with E-state index < -0.39 is 0 Å². The average molecular weight is 285 g/mol. The predicted octanol–water partition coefficient (Wildman–Crippen LogP) is 4.12. The third-order valence-electron chi connectivity index (χ3n) is 3.46. The summed E-state index contributed by atoms with van der Waals surface area (Å²) in [4.78, 5) is 2.38. The van der Waals surface area contributed by atoms with Crippen molar-refractivity contribution in [2.75, 3.05) is 25.7 Å². The van der Waals surface area contributed by atoms with E-state index in [1.807, 2.05) is 24.3 Å². The molecule has 0 aliphatic heterocycles. The van der Waals surface area contributed by atoms with E-state index in [1.165, 1.54) is 11.3 Å². The smallest absolute Gasteiger partial charge is 0.119 e. The second-order valence-electron chi connectivity index (χ2n) is 4.97. The molecule has 0 fully saturated rings. The van der Waals surface area contributed by atoms with Crippen molar-refractivity contribution in [1.82, 2.24) is 0 Å². The van der Waals surface area contributed by atoms with Gasteiger partial charge in [-0.3, -0.25) is 0 Å². The summed E-state index contributed by atoms with van der Waals surface area (Å²) < 4.78 is 10.4. The molecule has 0 N–H and O–H groups in total. The summed E-state index contributed by atoms with van der Waals surface area (Å²) in [5.41, 5.74) is 2.49. The Hall–Kier alpha value is -2.16. The molecular weight excluding hydrogens is 262 g/mol. The molecule has 2 aromatic carbocycles. The van der Waals surface area contributed by atoms with Gasteiger partial charge < -0.3 is 14.4 Å². The SMILES string of the molecule is CCCN(Cc1ccc(OC)cc1)c1ccc(OC)cc1. The molecule has 2 aromatic rings. The Labute approximate surface area is 127 Å². The quantitative estimate of drug-likeness (QED) is 0.764. The van der Waals surface area contributed by atoms with Crippen LogP contribution in [0.4, 0.5) is 5.69 Å². The molecule has 0 amide bonds. The van der Waals surface area contributed by atoms with Crippen molar-refractivity contribution in [3.05, 3.63) is 54.1 Å². The molecule has 0 aromatic heterocycles. The molecule has 0 aliphatic rings. The lowest BCUT2D eigenvalue weighted by Crippen LogP contribution is -2.23. The molecule has 0 saturated heterocycles. The van der Waals surface area contributed by atoms with Crippen LogP contribution < -0.4 is 14.4 Å². The van der Waals surface area contributed by atoms with Crippen molar-refractivity contribution in [2.45, 2.75) is 19.9 Å². The highest BCUT2D eigenvalue weighted by Crippen LogP contribution is 2.22. The molecule has 0 spiro atoms. The first kappa shape index (κ1) is 15.2. The molecule has 0 atom stereocenters. The van der Waals surface area contributed by atoms with Gasteiger partial charge in [-0.2, -0.15) is 0 Å². The lowest BCUT2D eigenvalue weighted by molar-refractivity contribution is 0.414. The van der Waals surface area contributed by atoms with Crippen molar-refractivity contribution in [1.29, 1.82) is 0 Å². The topological polar surface area (TPSA) is 21.7 Å². The molecule has 0 heterocycles. The van der Waals surface area contributed by atoms with Gasteiger partial charge in [0.25, 0.3) is 0 Å². The van der Waals surface area contributed by atoms with E-state index in [0.29, 0.717) is 0 Å². The highest BCUT2D eigenvalue weighted by Gasteiger charge is 2.07. The molecule has 21 heavy (non-hydrogen) atoms. The standard InChI is InChI=1S/C18H23NO2/c1-4-13-19(16-7-11-18(21-3)12-8-16)14-15-5-9-17(20-2)10-6-15/h5-12H,4,13-14H2,1-3H3. The summed E-state index contributed by atoms with van der Waals surface area (Å²) in [6.07, 6.45) is 1.11. The molecule has 2 rings (SSSR count). The summed E-state index contributed by atoms with van der Waals surface area (Å²) in [6, 6.07) is 16.5. The van der Waals surface area contributed by atoms with Crippen LogP contribution in [0.3, 0.4) is 0 Å². The largest absolute Gasteiger partial charge is 0.497 e. The zero-order valence-electron chi connectivity index (χ0n) is 13.0. The van der Waals surface area contributed by atoms with Gasteiger partial charge in [-0.15, -0.1) is 0 Å². The maximum Gasteiger partial charge on any atom is 0.119 e. The Bertz CT molecular complexity index is 534. The number of benzene rings is 2. The molecule has 0 aliphatic carbocycles. The van der Waals surface area contributed by atoms with Gasteiger partial charge >= 0.3 is 0 Å². The Morgan fingerprint density at radius 2 is 1.33 bits per heavy atom. The van der Waals surface area contributed by atoms with Gasteiger partial charge in [0, 0.05) is 18.8 Å². The predicted molar refractivity (Wildman–Crippen MR) is 87.3 cm³/mol. The molecule has 0 radical (unpaired) electrons. The van der Waals surface area contributed by atoms with E-state index in [9.17, 15) is 0 Å². The van der Waals surface area contributed by atoms with Gasteiger partial charge in [0.1, 0.15) is 11.5 Å². The highest BCUT2D eigenvalue weighted by molar-refractivity contribution is 5.49. The number of rotatable bonds is 7. The molecular formula is C18H23NO2. The van der Waals surface area contributed by atoms with Crippen LogP contribution in [0.15, 0.2) is 48.5 Å². The summed E-state index contributed by atoms with van der Waals surface area (Å²) in [5.74, 6) is 1.78. The summed E-state index contributed by atoms with van der Waals surface area (Å²) >= 11 is 0. The average Bonchev–Trinajstić information content (AvgIpc) is 2.55. The van der Waals surface area contributed by atoms with E-state index >= 15 is 0 Å². The molecule has 0 unspecified atom stereocenters. The van der Waals surface area contributed by atoms with E-state index in [4.69, 9.17) is 9.47 Å². The fourth-order valence-electron chi connectivity index (χ4n) is 2.31. The van der Waals surface area contributed by atoms with Crippen LogP contribution in [0.25, 0.3) is 0 Å². The van der Waals surface area contributed by atoms with Crippen LogP contribution >= 0.6 is 0 Å². The molecule has 112 valence electrons. The van der Waals surface area contributed by atoms with Crippen LogP contribution in [0.2, 0.25) is 0 Å². The van der Waals surface area contributed by atoms with Crippen LogP contribution in [-0.4, -0.2) is 20.8 Å². The van der Waals surface area contributed by atoms with E-state index in [-0.39, 0.29) is 0 Å². The van der Waals surface area contributed by atoms with Crippen molar-refractivity contribution in [3.8, 4) is 11.5 Å². The van der Waals surface area contributed by atoms with Crippen molar-refractivity contribution >= 4 is 5.69 Å². The summed E-state index contributed by atoms with van der Waals surface area (Å²) in [5, 5.41) is 0. The molecule has 0 saturated carbocycles. The number of ether oxygens (including phenoxy) is 2. The maximum atomic E-state index is 5.22. The molecule has 3 heteroatoms. The monoisotopic (exact) mass is 285 g/mol. The zero-order valence-corrected chi connectivity index (χ0v) is 13.0. The van der Waals surface area contributed by atoms with Gasteiger partial charge in [0.15, 0.2) is 0 Å². The van der Waals surface area contributed by atoms with Crippen molar-refractivity contribution in [2.24, 2.45) is 0 Å². The van der Waals surface area contributed by atoms with Crippen LogP contribution in [-0.2, 0) is 6.54 Å². The number of hydrogen-bond donors (Lipinski definition) is 0. The number of hydrogen-bond acceptors (Lipinski definition) is 3. The number of anilines is 1. The zero-order chi connectivity index (χ0) is 15.1. The van der Waals surface area contributed by atoms with Gasteiger partial charge in [0.05, 0.1) is 14.2 Å². The van der Waals surface area contributed by atoms with Crippen LogP contribution in [0, 0.1) is 0 Å². The van der Waals surface area contributed by atoms with E-state index in [2.05, 4.69) is 36.1 Å². The van der Waals surface area contributed by atoms with Crippen molar-refractivity contribution < 1.29 is 9.47 Å². The molecule has 0 bridgehead atoms. The van der Waals surface area contributed by atoms with Gasteiger partial charge in [-0.25, -0.2) is 0 Å². The minimum atomic E-state index is 0.889. The van der Waals surface area contributed by atoms with E-state index in [1.54, 1.807) is 14.2 Å². The van der Waals surface area contributed by atoms with Crippen LogP contribution in [0.1, 0.15) is 18.9 Å². The Kier molecular flexibility index (Phi) is 5.50. The van der Waals surface area contributed by atoms with Crippen molar-refractivity contribution in [3.63, 3.8) is 0 Å². The van der Waals surface area contributed by atoms with Gasteiger partial charge in [-0.1, -0.05) is 19.1 Å². The fraction of sp³-hybridized carbons (Fsp3) is 0.333. The Morgan fingerprint density at radius 1 is 0.810 bits per heavy atom. The lowest BCUT2D eigenvalue weighted by Gasteiger charge is -2.24. The minimum absolute atomic E-state index is 0.889. The van der Waals surface area contributed by atoms with Gasteiger partial charge in [-0.05, 0) is 48.4 Å². The molecule has 3 nitrogen and oxygen atoms in total. The van der Waals surface area contributed by atoms with Gasteiger partial charge in [0.2, 0.25) is 0 Å². The second-order valence-corrected chi connectivity index (χ2v) is 4.97. The summed E-state index contributed by atoms with van der Waals surface area (Å²) in [6.45, 7) is 4.12.